The summed E-state index contributed by atoms with van der Waals surface area (Å²) in [4.78, 5) is 70.4. The van der Waals surface area contributed by atoms with Crippen LogP contribution in [0.4, 0.5) is 9.59 Å². The van der Waals surface area contributed by atoms with Crippen LogP contribution in [0.2, 0.25) is 0 Å². The monoisotopic (exact) mass is 772 g/mol. The molecular formula is C43H48N8O6. The molecule has 4 atom stereocenters. The molecule has 2 saturated heterocycles. The lowest BCUT2D eigenvalue weighted by Crippen LogP contribution is -2.51. The van der Waals surface area contributed by atoms with Crippen molar-refractivity contribution in [1.82, 2.24) is 40.4 Å². The first kappa shape index (κ1) is 38.8. The van der Waals surface area contributed by atoms with E-state index in [2.05, 4.69) is 97.6 Å². The Morgan fingerprint density at radius 2 is 1.21 bits per heavy atom. The van der Waals surface area contributed by atoms with E-state index in [9.17, 15) is 19.2 Å². The van der Waals surface area contributed by atoms with Gasteiger partial charge in [-0.15, -0.1) is 6.58 Å². The average Bonchev–Trinajstić information content (AvgIpc) is 4.07. The number of aromatic nitrogens is 4. The van der Waals surface area contributed by atoms with E-state index >= 15 is 0 Å². The van der Waals surface area contributed by atoms with Gasteiger partial charge in [0.25, 0.3) is 0 Å². The summed E-state index contributed by atoms with van der Waals surface area (Å²) in [6.45, 7) is 8.66. The zero-order valence-corrected chi connectivity index (χ0v) is 32.6. The molecule has 0 spiro atoms. The Balaban J connectivity index is 1.02. The highest BCUT2D eigenvalue weighted by atomic mass is 16.5. The molecule has 0 aliphatic carbocycles. The highest BCUT2D eigenvalue weighted by molar-refractivity contribution is 5.91. The first-order chi connectivity index (χ1) is 27.6. The van der Waals surface area contributed by atoms with Crippen LogP contribution < -0.4 is 10.6 Å². The number of likely N-dealkylation sites (tertiary alicyclic amines) is 2. The van der Waals surface area contributed by atoms with E-state index in [-0.39, 0.29) is 29.8 Å². The Morgan fingerprint density at radius 3 is 1.77 bits per heavy atom. The number of imidazole rings is 2. The summed E-state index contributed by atoms with van der Waals surface area (Å²) in [6, 6.07) is 19.0. The van der Waals surface area contributed by atoms with Gasteiger partial charge in [0.1, 0.15) is 23.7 Å². The minimum atomic E-state index is -0.890. The number of aromatic amines is 2. The molecule has 4 amide bonds. The number of hydrogen-bond acceptors (Lipinski definition) is 8. The van der Waals surface area contributed by atoms with Crippen molar-refractivity contribution >= 4 is 34.8 Å². The number of ether oxygens (including phenoxy) is 2. The van der Waals surface area contributed by atoms with Gasteiger partial charge in [-0.2, -0.15) is 0 Å². The van der Waals surface area contributed by atoms with Gasteiger partial charge < -0.3 is 39.9 Å². The summed E-state index contributed by atoms with van der Waals surface area (Å²) >= 11 is 0. The van der Waals surface area contributed by atoms with E-state index in [1.807, 2.05) is 24.9 Å². The summed E-state index contributed by atoms with van der Waals surface area (Å²) in [5.41, 5.74) is 5.83. The van der Waals surface area contributed by atoms with E-state index in [1.54, 1.807) is 11.1 Å². The standard InChI is InChI=1S/C43H48N8O6/c1-6-32(48-42(54)56-4)40(52)50-19-7-9-35(50)38-44-23-33(46-38)27-13-11-26(12-14-27)28-15-16-30-22-31(18-17-29(30)21-28)34-24-45-39(47-34)36-10-8-20-51(36)41(53)37(25(2)3)49-43(55)57-5/h6,11-18,21-25,32,35-37H,1,7-10,19-20H2,2-5H3,(H,44,46)(H,45,47)(H,48,54)(H,49,55)/t32-,35+,36+,37+/m1/s1. The molecule has 2 fully saturated rings. The third-order valence-corrected chi connectivity index (χ3v) is 10.9. The molecule has 4 heterocycles. The van der Waals surface area contributed by atoms with E-state index in [0.29, 0.717) is 18.9 Å². The zero-order chi connectivity index (χ0) is 40.2. The lowest BCUT2D eigenvalue weighted by atomic mass is 9.98. The molecule has 296 valence electrons. The highest BCUT2D eigenvalue weighted by Crippen LogP contribution is 2.35. The summed E-state index contributed by atoms with van der Waals surface area (Å²) in [5.74, 6) is 0.922. The summed E-state index contributed by atoms with van der Waals surface area (Å²) < 4.78 is 9.43. The second-order valence-corrected chi connectivity index (χ2v) is 14.8. The molecule has 14 nitrogen and oxygen atoms in total. The van der Waals surface area contributed by atoms with Gasteiger partial charge in [-0.25, -0.2) is 19.6 Å². The first-order valence-electron chi connectivity index (χ1n) is 19.3. The van der Waals surface area contributed by atoms with Gasteiger partial charge in [-0.3, -0.25) is 9.59 Å². The Hall–Kier alpha value is -6.44. The van der Waals surface area contributed by atoms with Gasteiger partial charge in [0.15, 0.2) is 0 Å². The first-order valence-corrected chi connectivity index (χ1v) is 19.3. The molecule has 2 aliphatic rings. The van der Waals surface area contributed by atoms with Crippen LogP contribution in [-0.2, 0) is 19.1 Å². The van der Waals surface area contributed by atoms with Crippen molar-refractivity contribution in [3.8, 4) is 33.6 Å². The summed E-state index contributed by atoms with van der Waals surface area (Å²) in [5, 5.41) is 7.41. The highest BCUT2D eigenvalue weighted by Gasteiger charge is 2.38. The molecule has 57 heavy (non-hydrogen) atoms. The predicted octanol–water partition coefficient (Wildman–Crippen LogP) is 6.91. The zero-order valence-electron chi connectivity index (χ0n) is 32.6. The van der Waals surface area contributed by atoms with Crippen LogP contribution in [0.25, 0.3) is 44.4 Å². The number of carbonyl (C=O) groups excluding carboxylic acids is 4. The molecule has 7 rings (SSSR count). The average molecular weight is 773 g/mol. The number of benzene rings is 3. The molecule has 0 radical (unpaired) electrons. The number of hydrogen-bond donors (Lipinski definition) is 4. The molecule has 2 aliphatic heterocycles. The fourth-order valence-corrected chi connectivity index (χ4v) is 7.83. The van der Waals surface area contributed by atoms with Gasteiger partial charge in [-0.05, 0) is 71.2 Å². The number of methoxy groups -OCH3 is 2. The normalized spacial score (nSPS) is 17.7. The van der Waals surface area contributed by atoms with Crippen LogP contribution in [0.5, 0.6) is 0 Å². The Kier molecular flexibility index (Phi) is 11.4. The number of amides is 4. The number of nitrogens with one attached hydrogen (secondary N) is 4. The van der Waals surface area contributed by atoms with Crippen LogP contribution in [0.3, 0.4) is 0 Å². The maximum absolute atomic E-state index is 13.6. The van der Waals surface area contributed by atoms with Gasteiger partial charge in [-0.1, -0.05) is 68.5 Å². The smallest absolute Gasteiger partial charge is 0.407 e. The van der Waals surface area contributed by atoms with Gasteiger partial charge in [0.05, 0.1) is 50.1 Å². The number of nitrogens with zero attached hydrogens (tertiary/aromatic N) is 4. The van der Waals surface area contributed by atoms with E-state index in [0.717, 1.165) is 75.9 Å². The van der Waals surface area contributed by atoms with Crippen LogP contribution >= 0.6 is 0 Å². The van der Waals surface area contributed by atoms with Crippen LogP contribution in [0.1, 0.15) is 63.3 Å². The second kappa shape index (κ2) is 16.7. The van der Waals surface area contributed by atoms with Crippen molar-refractivity contribution in [2.75, 3.05) is 27.3 Å². The molecule has 3 aromatic carbocycles. The Labute approximate surface area is 331 Å². The largest absolute Gasteiger partial charge is 0.453 e. The third-order valence-electron chi connectivity index (χ3n) is 10.9. The summed E-state index contributed by atoms with van der Waals surface area (Å²) in [7, 11) is 2.54. The number of H-pyrrole nitrogens is 2. The topological polar surface area (TPSA) is 175 Å². The molecule has 5 aromatic rings. The molecule has 2 aromatic heterocycles. The van der Waals surface area contributed by atoms with E-state index in [1.165, 1.54) is 20.3 Å². The van der Waals surface area contributed by atoms with Crippen molar-refractivity contribution in [3.63, 3.8) is 0 Å². The van der Waals surface area contributed by atoms with E-state index in [4.69, 9.17) is 9.72 Å². The number of fused-ring (bicyclic) bond motifs is 1. The molecule has 0 saturated carbocycles. The van der Waals surface area contributed by atoms with Crippen molar-refractivity contribution in [2.45, 2.75) is 63.7 Å². The van der Waals surface area contributed by atoms with Crippen molar-refractivity contribution in [2.24, 2.45) is 5.92 Å². The maximum Gasteiger partial charge on any atom is 0.407 e. The lowest BCUT2D eigenvalue weighted by molar-refractivity contribution is -0.135. The maximum atomic E-state index is 13.6. The van der Waals surface area contributed by atoms with Crippen LogP contribution in [-0.4, -0.2) is 93.1 Å². The Morgan fingerprint density at radius 1 is 0.719 bits per heavy atom. The van der Waals surface area contributed by atoms with Gasteiger partial charge >= 0.3 is 12.2 Å². The van der Waals surface area contributed by atoms with Crippen molar-refractivity contribution in [3.05, 3.63) is 97.4 Å². The minimum Gasteiger partial charge on any atom is -0.453 e. The number of rotatable bonds is 11. The second-order valence-electron chi connectivity index (χ2n) is 14.8. The molecule has 4 N–H and O–H groups in total. The molecule has 14 heteroatoms. The van der Waals surface area contributed by atoms with Gasteiger partial charge in [0.2, 0.25) is 11.8 Å². The van der Waals surface area contributed by atoms with E-state index < -0.39 is 24.3 Å². The molecule has 0 bridgehead atoms. The minimum absolute atomic E-state index is 0.106. The lowest BCUT2D eigenvalue weighted by Gasteiger charge is -2.30. The fraction of sp³-hybridized carbons (Fsp3) is 0.349. The Bertz CT molecular complexity index is 2280. The van der Waals surface area contributed by atoms with Crippen molar-refractivity contribution < 1.29 is 28.7 Å². The van der Waals surface area contributed by atoms with Crippen LogP contribution in [0.15, 0.2) is 85.7 Å². The third kappa shape index (κ3) is 8.11. The number of carbonyl (C=O) groups is 4. The number of alkyl carbamates (subject to hydrolysis) is 2. The SMILES string of the molecule is C=C[C@@H](NC(=O)OC)C(=O)N1CCC[C@H]1c1ncc(-c2ccc(-c3ccc4cc(-c5cnc([C@@H]6CCCN6C(=O)[C@@H](NC(=O)OC)C(C)C)[nH]5)ccc4c3)cc2)[nH]1. The van der Waals surface area contributed by atoms with Crippen LogP contribution in [0, 0.1) is 5.92 Å². The van der Waals surface area contributed by atoms with Crippen molar-refractivity contribution in [1.29, 1.82) is 0 Å². The molecule has 0 unspecified atom stereocenters. The quantitative estimate of drug-likeness (QED) is 0.105. The fourth-order valence-electron chi connectivity index (χ4n) is 7.83. The predicted molar refractivity (Wildman–Crippen MR) is 216 cm³/mol. The summed E-state index contributed by atoms with van der Waals surface area (Å²) in [6.07, 6.45) is 6.90. The molecular weight excluding hydrogens is 725 g/mol. The van der Waals surface area contributed by atoms with Gasteiger partial charge in [0, 0.05) is 18.7 Å².